The lowest BCUT2D eigenvalue weighted by Gasteiger charge is -2.18. The minimum absolute atomic E-state index is 0.0103. The molecule has 3 rings (SSSR count). The van der Waals surface area contributed by atoms with Gasteiger partial charge in [-0.15, -0.1) is 0 Å². The minimum Gasteiger partial charge on any atom is -0.361 e. The fourth-order valence-electron chi connectivity index (χ4n) is 2.65. The molecule has 0 saturated heterocycles. The Hall–Kier alpha value is -3.49. The SMILES string of the molecule is C=C(/C(=C\Nc1ccc(F)cc1)CN1C(=O)c2ccccc2C1=O)C(F)F.FCF. The van der Waals surface area contributed by atoms with Crippen molar-refractivity contribution in [3.63, 3.8) is 0 Å². The summed E-state index contributed by atoms with van der Waals surface area (Å²) in [4.78, 5) is 25.8. The van der Waals surface area contributed by atoms with E-state index in [0.717, 1.165) is 4.90 Å². The van der Waals surface area contributed by atoms with Crippen LogP contribution in [-0.2, 0) is 0 Å². The second kappa shape index (κ2) is 10.3. The van der Waals surface area contributed by atoms with Crippen LogP contribution in [-0.4, -0.2) is 36.6 Å². The molecule has 9 heteroatoms. The maximum absolute atomic E-state index is 13.2. The molecule has 0 unspecified atom stereocenters. The maximum atomic E-state index is 13.2. The summed E-state index contributed by atoms with van der Waals surface area (Å²) in [6, 6.07) is 11.5. The van der Waals surface area contributed by atoms with Crippen molar-refractivity contribution in [1.82, 2.24) is 4.90 Å². The van der Waals surface area contributed by atoms with Gasteiger partial charge in [0.1, 0.15) is 5.82 Å². The molecule has 0 spiro atoms. The standard InChI is InChI=1S/C20H15F3N2O2.CH2F2/c1-12(18(22)23)13(10-24-15-8-6-14(21)7-9-15)11-25-19(26)16-4-2-3-5-17(16)20(25)27;2-1-3/h2-10,18,24H,1,11H2;1H2/b13-10-;. The van der Waals surface area contributed by atoms with Crippen LogP contribution in [0.4, 0.5) is 27.6 Å². The Bertz CT molecular complexity index is 923. The van der Waals surface area contributed by atoms with E-state index in [1.165, 1.54) is 42.6 Å². The first kappa shape index (κ1) is 22.8. The number of anilines is 1. The lowest BCUT2D eigenvalue weighted by Crippen LogP contribution is -2.32. The first-order chi connectivity index (χ1) is 14.3. The van der Waals surface area contributed by atoms with E-state index < -0.39 is 36.6 Å². The average molecular weight is 424 g/mol. The van der Waals surface area contributed by atoms with Crippen molar-refractivity contribution in [3.05, 3.63) is 89.4 Å². The molecule has 1 aliphatic heterocycles. The predicted octanol–water partition coefficient (Wildman–Crippen LogP) is 5.12. The number of carbonyl (C=O) groups excluding carboxylic acids is 2. The highest BCUT2D eigenvalue weighted by atomic mass is 19.3. The van der Waals surface area contributed by atoms with Gasteiger partial charge in [-0.3, -0.25) is 14.5 Å². The van der Waals surface area contributed by atoms with Gasteiger partial charge in [-0.2, -0.15) is 0 Å². The Morgan fingerprint density at radius 2 is 1.50 bits per heavy atom. The van der Waals surface area contributed by atoms with Gasteiger partial charge in [0.05, 0.1) is 17.7 Å². The Morgan fingerprint density at radius 1 is 1.00 bits per heavy atom. The summed E-state index contributed by atoms with van der Waals surface area (Å²) in [5.74, 6) is -1.54. The number of nitrogens with one attached hydrogen (secondary N) is 1. The van der Waals surface area contributed by atoms with Gasteiger partial charge < -0.3 is 5.32 Å². The third-order valence-electron chi connectivity index (χ3n) is 4.14. The monoisotopic (exact) mass is 424 g/mol. The lowest BCUT2D eigenvalue weighted by atomic mass is 10.1. The molecular weight excluding hydrogens is 407 g/mol. The number of nitrogens with zero attached hydrogens (tertiary/aromatic N) is 1. The molecule has 2 aromatic rings. The molecule has 1 aliphatic rings. The summed E-state index contributed by atoms with van der Waals surface area (Å²) in [6.45, 7) is 1.25. The Balaban J connectivity index is 0.00000101. The van der Waals surface area contributed by atoms with Crippen molar-refractivity contribution in [2.45, 2.75) is 6.43 Å². The van der Waals surface area contributed by atoms with E-state index in [9.17, 15) is 31.5 Å². The third-order valence-corrected chi connectivity index (χ3v) is 4.14. The number of imide groups is 1. The van der Waals surface area contributed by atoms with Gasteiger partial charge >= 0.3 is 0 Å². The van der Waals surface area contributed by atoms with Crippen molar-refractivity contribution in [2.24, 2.45) is 0 Å². The topological polar surface area (TPSA) is 49.4 Å². The molecular formula is C21H17F5N2O2. The summed E-state index contributed by atoms with van der Waals surface area (Å²) in [5.41, 5.74) is 0.398. The highest BCUT2D eigenvalue weighted by Crippen LogP contribution is 2.26. The molecule has 4 nitrogen and oxygen atoms in total. The second-order valence-electron chi connectivity index (χ2n) is 5.99. The van der Waals surface area contributed by atoms with Crippen LogP contribution in [0.15, 0.2) is 72.5 Å². The molecule has 1 heterocycles. The van der Waals surface area contributed by atoms with Gasteiger partial charge in [-0.05, 0) is 42.0 Å². The predicted molar refractivity (Wildman–Crippen MR) is 102 cm³/mol. The van der Waals surface area contributed by atoms with E-state index in [2.05, 4.69) is 11.9 Å². The van der Waals surface area contributed by atoms with Crippen LogP contribution in [0.25, 0.3) is 0 Å². The van der Waals surface area contributed by atoms with E-state index in [1.807, 2.05) is 0 Å². The molecule has 0 fully saturated rings. The van der Waals surface area contributed by atoms with Gasteiger partial charge in [0.2, 0.25) is 6.93 Å². The number of rotatable bonds is 6. The van der Waals surface area contributed by atoms with E-state index in [4.69, 9.17) is 0 Å². The summed E-state index contributed by atoms with van der Waals surface area (Å²) in [5, 5.41) is 2.76. The number of halogens is 5. The van der Waals surface area contributed by atoms with Gasteiger partial charge in [0.25, 0.3) is 18.2 Å². The fourth-order valence-corrected chi connectivity index (χ4v) is 2.65. The number of carbonyl (C=O) groups is 2. The molecule has 2 amide bonds. The number of fused-ring (bicyclic) bond motifs is 1. The van der Waals surface area contributed by atoms with Gasteiger partial charge in [0.15, 0.2) is 0 Å². The Morgan fingerprint density at radius 3 is 1.97 bits per heavy atom. The fraction of sp³-hybridized carbons (Fsp3) is 0.143. The molecule has 0 aromatic heterocycles. The zero-order valence-corrected chi connectivity index (χ0v) is 15.5. The van der Waals surface area contributed by atoms with Crippen LogP contribution < -0.4 is 5.32 Å². The summed E-state index contributed by atoms with van der Waals surface area (Å²) < 4.78 is 58.6. The van der Waals surface area contributed by atoms with Gasteiger partial charge in [-0.1, -0.05) is 18.7 Å². The normalized spacial score (nSPS) is 13.1. The summed E-state index contributed by atoms with van der Waals surface area (Å²) in [6.07, 6.45) is -1.62. The van der Waals surface area contributed by atoms with Crippen LogP contribution in [0.2, 0.25) is 0 Å². The molecule has 0 saturated carbocycles. The van der Waals surface area contributed by atoms with Crippen LogP contribution in [0.1, 0.15) is 20.7 Å². The second-order valence-corrected chi connectivity index (χ2v) is 5.99. The van der Waals surface area contributed by atoms with Crippen molar-refractivity contribution in [1.29, 1.82) is 0 Å². The lowest BCUT2D eigenvalue weighted by molar-refractivity contribution is 0.0666. The number of alkyl halides is 4. The number of benzene rings is 2. The molecule has 30 heavy (non-hydrogen) atoms. The Kier molecular flexibility index (Phi) is 7.85. The molecule has 0 bridgehead atoms. The minimum atomic E-state index is -2.86. The molecule has 2 aromatic carbocycles. The number of amides is 2. The van der Waals surface area contributed by atoms with E-state index in [1.54, 1.807) is 12.1 Å². The number of hydrogen-bond acceptors (Lipinski definition) is 3. The van der Waals surface area contributed by atoms with Gasteiger partial charge in [-0.25, -0.2) is 22.0 Å². The van der Waals surface area contributed by atoms with Crippen molar-refractivity contribution >= 4 is 17.5 Å². The van der Waals surface area contributed by atoms with Crippen molar-refractivity contribution < 1.29 is 31.5 Å². The smallest absolute Gasteiger partial charge is 0.263 e. The van der Waals surface area contributed by atoms with Crippen LogP contribution in [0, 0.1) is 5.82 Å². The molecule has 1 N–H and O–H groups in total. The maximum Gasteiger partial charge on any atom is 0.263 e. The average Bonchev–Trinajstić information content (AvgIpc) is 2.97. The van der Waals surface area contributed by atoms with Crippen LogP contribution >= 0.6 is 0 Å². The molecule has 0 radical (unpaired) electrons. The first-order valence-electron chi connectivity index (χ1n) is 8.55. The summed E-state index contributed by atoms with van der Waals surface area (Å²) >= 11 is 0. The highest BCUT2D eigenvalue weighted by Gasteiger charge is 2.36. The zero-order valence-electron chi connectivity index (χ0n) is 15.5. The van der Waals surface area contributed by atoms with Crippen molar-refractivity contribution in [3.8, 4) is 0 Å². The van der Waals surface area contributed by atoms with E-state index >= 15 is 0 Å². The highest BCUT2D eigenvalue weighted by molar-refractivity contribution is 6.21. The molecule has 158 valence electrons. The molecule has 0 atom stereocenters. The van der Waals surface area contributed by atoms with Crippen LogP contribution in [0.3, 0.4) is 0 Å². The van der Waals surface area contributed by atoms with Gasteiger partial charge in [0, 0.05) is 17.5 Å². The molecule has 0 aliphatic carbocycles. The van der Waals surface area contributed by atoms with E-state index in [-0.39, 0.29) is 23.2 Å². The number of hydrogen-bond donors (Lipinski definition) is 1. The largest absolute Gasteiger partial charge is 0.361 e. The van der Waals surface area contributed by atoms with Crippen LogP contribution in [0.5, 0.6) is 0 Å². The van der Waals surface area contributed by atoms with E-state index in [0.29, 0.717) is 5.69 Å². The third kappa shape index (κ3) is 5.31. The Labute approximate surface area is 169 Å². The van der Waals surface area contributed by atoms with Crippen molar-refractivity contribution in [2.75, 3.05) is 18.8 Å². The summed E-state index contributed by atoms with van der Waals surface area (Å²) in [7, 11) is 0. The quantitative estimate of drug-likeness (QED) is 0.398. The first-order valence-corrected chi connectivity index (χ1v) is 8.55. The zero-order chi connectivity index (χ0) is 22.3.